The third-order valence-electron chi connectivity index (χ3n) is 2.81. The summed E-state index contributed by atoms with van der Waals surface area (Å²) >= 11 is 0. The molecule has 0 heterocycles. The van der Waals surface area contributed by atoms with Gasteiger partial charge >= 0.3 is 0 Å². The Kier molecular flexibility index (Phi) is 7.36. The lowest BCUT2D eigenvalue weighted by atomic mass is 10.0. The highest BCUT2D eigenvalue weighted by Crippen LogP contribution is 2.12. The van der Waals surface area contributed by atoms with E-state index < -0.39 is 0 Å². The van der Waals surface area contributed by atoms with Gasteiger partial charge < -0.3 is 5.73 Å². The Balaban J connectivity index is 4.36. The normalized spacial score (nSPS) is 16.1. The molecule has 2 unspecified atom stereocenters. The molecule has 0 radical (unpaired) electrons. The zero-order chi connectivity index (χ0) is 12.6. The van der Waals surface area contributed by atoms with E-state index in [4.69, 9.17) is 5.73 Å². The third-order valence-corrected chi connectivity index (χ3v) is 2.81. The van der Waals surface area contributed by atoms with E-state index in [1.165, 1.54) is 6.42 Å². The van der Waals surface area contributed by atoms with Gasteiger partial charge in [-0.2, -0.15) is 0 Å². The van der Waals surface area contributed by atoms with Crippen molar-refractivity contribution in [3.05, 3.63) is 48.7 Å². The smallest absolute Gasteiger partial charge is 0.0267 e. The van der Waals surface area contributed by atoms with Crippen LogP contribution in [0, 0.1) is 11.8 Å². The maximum Gasteiger partial charge on any atom is 0.0267 e. The van der Waals surface area contributed by atoms with Gasteiger partial charge in [0.15, 0.2) is 0 Å². The van der Waals surface area contributed by atoms with Crippen molar-refractivity contribution in [2.24, 2.45) is 17.6 Å². The van der Waals surface area contributed by atoms with Gasteiger partial charge in [0.2, 0.25) is 0 Å². The molecule has 16 heavy (non-hydrogen) atoms. The highest BCUT2D eigenvalue weighted by molar-refractivity contribution is 5.26. The molecule has 0 aliphatic heterocycles. The second-order valence-corrected chi connectivity index (χ2v) is 4.37. The van der Waals surface area contributed by atoms with Gasteiger partial charge in [0.05, 0.1) is 0 Å². The van der Waals surface area contributed by atoms with Crippen LogP contribution < -0.4 is 5.73 Å². The fourth-order valence-electron chi connectivity index (χ4n) is 1.23. The van der Waals surface area contributed by atoms with Crippen molar-refractivity contribution >= 4 is 0 Å². The molecule has 0 bridgehead atoms. The summed E-state index contributed by atoms with van der Waals surface area (Å²) in [5.41, 5.74) is 7.27. The monoisotopic (exact) mass is 219 g/mol. The maximum absolute atomic E-state index is 5.62. The Morgan fingerprint density at radius 2 is 2.06 bits per heavy atom. The van der Waals surface area contributed by atoms with Crippen LogP contribution in [0.15, 0.2) is 48.7 Å². The SMILES string of the molecule is C=CC(C=CCC(C)CC)/C=C(\C)C(=C)N. The van der Waals surface area contributed by atoms with E-state index in [0.29, 0.717) is 5.70 Å². The van der Waals surface area contributed by atoms with Crippen molar-refractivity contribution < 1.29 is 0 Å². The van der Waals surface area contributed by atoms with Crippen LogP contribution in [0.4, 0.5) is 0 Å². The van der Waals surface area contributed by atoms with Crippen LogP contribution in [0.3, 0.4) is 0 Å². The second-order valence-electron chi connectivity index (χ2n) is 4.37. The van der Waals surface area contributed by atoms with Gasteiger partial charge in [-0.05, 0) is 24.8 Å². The maximum atomic E-state index is 5.62. The lowest BCUT2D eigenvalue weighted by Crippen LogP contribution is -1.98. The van der Waals surface area contributed by atoms with Gasteiger partial charge in [-0.3, -0.25) is 0 Å². The van der Waals surface area contributed by atoms with Gasteiger partial charge in [0.25, 0.3) is 0 Å². The molecule has 0 aliphatic carbocycles. The van der Waals surface area contributed by atoms with Crippen LogP contribution in [0.25, 0.3) is 0 Å². The molecule has 0 spiro atoms. The molecule has 0 fully saturated rings. The first-order valence-electron chi connectivity index (χ1n) is 5.93. The lowest BCUT2D eigenvalue weighted by molar-refractivity contribution is 0.571. The number of hydrogen-bond acceptors (Lipinski definition) is 1. The molecule has 0 aromatic carbocycles. The predicted octanol–water partition coefficient (Wildman–Crippen LogP) is 4.20. The van der Waals surface area contributed by atoms with Gasteiger partial charge in [-0.1, -0.05) is 51.2 Å². The van der Waals surface area contributed by atoms with Crippen LogP contribution >= 0.6 is 0 Å². The number of hydrogen-bond donors (Lipinski definition) is 1. The largest absolute Gasteiger partial charge is 0.399 e. The van der Waals surface area contributed by atoms with Gasteiger partial charge in [-0.25, -0.2) is 0 Å². The highest BCUT2D eigenvalue weighted by atomic mass is 14.6. The molecule has 0 amide bonds. The van der Waals surface area contributed by atoms with Gasteiger partial charge in [0, 0.05) is 11.6 Å². The van der Waals surface area contributed by atoms with E-state index in [1.807, 2.05) is 13.0 Å². The minimum absolute atomic E-state index is 0.254. The van der Waals surface area contributed by atoms with Crippen molar-refractivity contribution in [3.63, 3.8) is 0 Å². The molecule has 0 aliphatic rings. The van der Waals surface area contributed by atoms with E-state index >= 15 is 0 Å². The molecule has 0 aromatic rings. The first kappa shape index (κ1) is 14.8. The number of nitrogens with two attached hydrogens (primary N) is 1. The average Bonchev–Trinajstić information content (AvgIpc) is 2.26. The third kappa shape index (κ3) is 6.28. The van der Waals surface area contributed by atoms with Gasteiger partial charge in [-0.15, -0.1) is 6.58 Å². The average molecular weight is 219 g/mol. The van der Waals surface area contributed by atoms with Crippen molar-refractivity contribution in [2.75, 3.05) is 0 Å². The molecule has 0 aromatic heterocycles. The summed E-state index contributed by atoms with van der Waals surface area (Å²) in [5, 5.41) is 0. The zero-order valence-corrected chi connectivity index (χ0v) is 10.9. The quantitative estimate of drug-likeness (QED) is 0.504. The number of allylic oxidation sites excluding steroid dienone is 5. The molecule has 2 N–H and O–H groups in total. The molecule has 90 valence electrons. The summed E-state index contributed by atoms with van der Waals surface area (Å²) < 4.78 is 0. The molecule has 0 rings (SSSR count). The highest BCUT2D eigenvalue weighted by Gasteiger charge is 1.98. The number of rotatable bonds is 7. The van der Waals surface area contributed by atoms with Crippen LogP contribution in [-0.4, -0.2) is 0 Å². The summed E-state index contributed by atoms with van der Waals surface area (Å²) in [4.78, 5) is 0. The van der Waals surface area contributed by atoms with Crippen molar-refractivity contribution in [1.82, 2.24) is 0 Å². The van der Waals surface area contributed by atoms with Crippen LogP contribution in [-0.2, 0) is 0 Å². The fraction of sp³-hybridized carbons (Fsp3) is 0.467. The Morgan fingerprint density at radius 1 is 1.44 bits per heavy atom. The first-order valence-corrected chi connectivity index (χ1v) is 5.93. The standard InChI is InChI=1S/C15H25N/c1-6-12(3)9-8-10-15(7-2)11-13(4)14(5)16/h7-8,10-12,15H,2,5-6,9,16H2,1,3-4H3/b10-8?,13-11+. The van der Waals surface area contributed by atoms with E-state index in [9.17, 15) is 0 Å². The van der Waals surface area contributed by atoms with Gasteiger partial charge in [0.1, 0.15) is 0 Å². The van der Waals surface area contributed by atoms with Crippen molar-refractivity contribution in [1.29, 1.82) is 0 Å². The summed E-state index contributed by atoms with van der Waals surface area (Å²) in [6, 6.07) is 0. The summed E-state index contributed by atoms with van der Waals surface area (Å²) in [7, 11) is 0. The van der Waals surface area contributed by atoms with Crippen molar-refractivity contribution in [3.8, 4) is 0 Å². The molecular formula is C15H25N. The second kappa shape index (κ2) is 7.98. The van der Waals surface area contributed by atoms with Crippen molar-refractivity contribution in [2.45, 2.75) is 33.6 Å². The molecular weight excluding hydrogens is 194 g/mol. The Morgan fingerprint density at radius 3 is 2.50 bits per heavy atom. The predicted molar refractivity (Wildman–Crippen MR) is 74.0 cm³/mol. The first-order chi connectivity index (χ1) is 7.51. The minimum atomic E-state index is 0.254. The molecule has 1 nitrogen and oxygen atoms in total. The lowest BCUT2D eigenvalue weighted by Gasteiger charge is -2.06. The molecule has 1 heteroatoms. The molecule has 2 atom stereocenters. The van der Waals surface area contributed by atoms with Crippen LogP contribution in [0.2, 0.25) is 0 Å². The van der Waals surface area contributed by atoms with E-state index in [0.717, 1.165) is 17.9 Å². The summed E-state index contributed by atoms with van der Waals surface area (Å²) in [6.45, 7) is 14.0. The van der Waals surface area contributed by atoms with Crippen LogP contribution in [0.1, 0.15) is 33.6 Å². The van der Waals surface area contributed by atoms with E-state index in [2.05, 4.69) is 45.2 Å². The molecule has 0 saturated carbocycles. The summed E-state index contributed by atoms with van der Waals surface area (Å²) in [5.74, 6) is 1.00. The van der Waals surface area contributed by atoms with Crippen LogP contribution in [0.5, 0.6) is 0 Å². The minimum Gasteiger partial charge on any atom is -0.399 e. The zero-order valence-electron chi connectivity index (χ0n) is 10.9. The molecule has 0 saturated heterocycles. The fourth-order valence-corrected chi connectivity index (χ4v) is 1.23. The topological polar surface area (TPSA) is 26.0 Å². The Labute approximate surface area is 100 Å². The van der Waals surface area contributed by atoms with E-state index in [-0.39, 0.29) is 5.92 Å². The Bertz CT molecular complexity index is 284. The Hall–Kier alpha value is -1.24. The van der Waals surface area contributed by atoms with E-state index in [1.54, 1.807) is 0 Å². The summed E-state index contributed by atoms with van der Waals surface area (Å²) in [6.07, 6.45) is 10.7.